The highest BCUT2D eigenvalue weighted by Gasteiger charge is 2.04. The van der Waals surface area contributed by atoms with Gasteiger partial charge in [-0.05, 0) is 28.4 Å². The van der Waals surface area contributed by atoms with Gasteiger partial charge in [-0.2, -0.15) is 0 Å². The van der Waals surface area contributed by atoms with Gasteiger partial charge in [0.1, 0.15) is 5.83 Å². The number of allylic oxidation sites excluding steroid dienone is 2. The summed E-state index contributed by atoms with van der Waals surface area (Å²) in [5.74, 6) is -0.725. The average molecular weight is 199 g/mol. The van der Waals surface area contributed by atoms with Crippen LogP contribution in [0.3, 0.4) is 0 Å². The summed E-state index contributed by atoms with van der Waals surface area (Å²) >= 11 is 2.46. The van der Waals surface area contributed by atoms with E-state index in [4.69, 9.17) is 0 Å². The summed E-state index contributed by atoms with van der Waals surface area (Å²) in [6, 6.07) is 0. The van der Waals surface area contributed by atoms with Crippen LogP contribution in [0.4, 0.5) is 8.78 Å². The van der Waals surface area contributed by atoms with Crippen molar-refractivity contribution >= 4 is 15.9 Å². The van der Waals surface area contributed by atoms with Crippen LogP contribution < -0.4 is 0 Å². The molecule has 0 nitrogen and oxygen atoms in total. The van der Waals surface area contributed by atoms with Crippen LogP contribution in [0.5, 0.6) is 0 Å². The smallest absolute Gasteiger partial charge is 0.205 e. The number of alkyl halides is 2. The van der Waals surface area contributed by atoms with Crippen LogP contribution in [0.15, 0.2) is 11.9 Å². The molecule has 0 N–H and O–H groups in total. The Morgan fingerprint density at radius 1 is 1.78 bits per heavy atom. The second-order valence-electron chi connectivity index (χ2n) is 1.68. The molecule has 0 heterocycles. The van der Waals surface area contributed by atoms with E-state index in [0.717, 1.165) is 6.42 Å². The standard InChI is InChI=1S/C6H9BrF2/c1-2-3-4-5(8)6(7)9/h4,6H,2-3H2,1H3. The lowest BCUT2D eigenvalue weighted by Gasteiger charge is -1.93. The van der Waals surface area contributed by atoms with Gasteiger partial charge in [0, 0.05) is 0 Å². The van der Waals surface area contributed by atoms with Gasteiger partial charge >= 0.3 is 0 Å². The minimum absolute atomic E-state index is 0.595. The topological polar surface area (TPSA) is 0 Å². The second-order valence-corrected chi connectivity index (χ2v) is 2.48. The Kier molecular flexibility index (Phi) is 4.96. The van der Waals surface area contributed by atoms with Gasteiger partial charge in [0.05, 0.1) is 0 Å². The molecule has 0 rings (SSSR count). The van der Waals surface area contributed by atoms with E-state index in [1.807, 2.05) is 6.92 Å². The van der Waals surface area contributed by atoms with Crippen LogP contribution in [-0.4, -0.2) is 5.08 Å². The number of unbranched alkanes of at least 4 members (excludes halogenated alkanes) is 1. The lowest BCUT2D eigenvalue weighted by molar-refractivity contribution is 0.429. The van der Waals surface area contributed by atoms with Gasteiger partial charge in [-0.25, -0.2) is 8.78 Å². The largest absolute Gasteiger partial charge is 0.227 e. The van der Waals surface area contributed by atoms with E-state index in [-0.39, 0.29) is 0 Å². The van der Waals surface area contributed by atoms with Gasteiger partial charge in [-0.15, -0.1) is 0 Å². The van der Waals surface area contributed by atoms with Crippen molar-refractivity contribution in [2.45, 2.75) is 24.8 Å². The van der Waals surface area contributed by atoms with Crippen molar-refractivity contribution in [1.82, 2.24) is 0 Å². The molecule has 54 valence electrons. The first-order valence-electron chi connectivity index (χ1n) is 2.82. The van der Waals surface area contributed by atoms with Crippen molar-refractivity contribution in [3.05, 3.63) is 11.9 Å². The van der Waals surface area contributed by atoms with E-state index in [2.05, 4.69) is 15.9 Å². The number of hydrogen-bond donors (Lipinski definition) is 0. The Morgan fingerprint density at radius 2 is 2.33 bits per heavy atom. The molecule has 0 bridgehead atoms. The fraction of sp³-hybridized carbons (Fsp3) is 0.667. The lowest BCUT2D eigenvalue weighted by Crippen LogP contribution is -1.86. The second kappa shape index (κ2) is 4.91. The fourth-order valence-corrected chi connectivity index (χ4v) is 0.558. The van der Waals surface area contributed by atoms with Gasteiger partial charge in [0.15, 0.2) is 0 Å². The predicted molar refractivity (Wildman–Crippen MR) is 37.9 cm³/mol. The molecule has 0 aliphatic heterocycles. The van der Waals surface area contributed by atoms with Crippen LogP contribution in [0.25, 0.3) is 0 Å². The summed E-state index contributed by atoms with van der Waals surface area (Å²) in [5, 5.41) is -1.62. The van der Waals surface area contributed by atoms with Gasteiger partial charge in [-0.3, -0.25) is 0 Å². The van der Waals surface area contributed by atoms with Crippen LogP contribution in [0, 0.1) is 0 Å². The Labute approximate surface area is 62.1 Å². The highest BCUT2D eigenvalue weighted by molar-refractivity contribution is 9.09. The van der Waals surface area contributed by atoms with Crippen LogP contribution in [-0.2, 0) is 0 Å². The van der Waals surface area contributed by atoms with E-state index < -0.39 is 10.9 Å². The maximum atomic E-state index is 12.2. The van der Waals surface area contributed by atoms with Crippen LogP contribution in [0.1, 0.15) is 19.8 Å². The molecule has 0 amide bonds. The van der Waals surface area contributed by atoms with Crippen LogP contribution >= 0.6 is 15.9 Å². The van der Waals surface area contributed by atoms with E-state index in [9.17, 15) is 8.78 Å². The van der Waals surface area contributed by atoms with Gasteiger partial charge in [0.25, 0.3) is 0 Å². The zero-order valence-electron chi connectivity index (χ0n) is 5.20. The Bertz CT molecular complexity index is 99.2. The Balaban J connectivity index is 3.55. The van der Waals surface area contributed by atoms with Crippen molar-refractivity contribution in [2.75, 3.05) is 0 Å². The predicted octanol–water partition coefficient (Wildman–Crippen LogP) is 3.33. The Morgan fingerprint density at radius 3 is 2.67 bits per heavy atom. The van der Waals surface area contributed by atoms with Crippen molar-refractivity contribution < 1.29 is 8.78 Å². The first-order valence-corrected chi connectivity index (χ1v) is 3.73. The Hall–Kier alpha value is 0.0800. The van der Waals surface area contributed by atoms with E-state index in [0.29, 0.717) is 6.42 Å². The van der Waals surface area contributed by atoms with Gasteiger partial charge in [0.2, 0.25) is 5.08 Å². The minimum Gasteiger partial charge on any atom is -0.227 e. The van der Waals surface area contributed by atoms with Crippen molar-refractivity contribution in [1.29, 1.82) is 0 Å². The van der Waals surface area contributed by atoms with Crippen molar-refractivity contribution in [3.63, 3.8) is 0 Å². The molecule has 0 saturated carbocycles. The summed E-state index contributed by atoms with van der Waals surface area (Å²) in [6.45, 7) is 1.91. The van der Waals surface area contributed by atoms with E-state index in [1.165, 1.54) is 6.08 Å². The molecule has 9 heavy (non-hydrogen) atoms. The average Bonchev–Trinajstić information content (AvgIpc) is 1.82. The van der Waals surface area contributed by atoms with Crippen LogP contribution in [0.2, 0.25) is 0 Å². The third-order valence-electron chi connectivity index (χ3n) is 0.836. The van der Waals surface area contributed by atoms with Crippen molar-refractivity contribution in [2.24, 2.45) is 0 Å². The number of hydrogen-bond acceptors (Lipinski definition) is 0. The third-order valence-corrected chi connectivity index (χ3v) is 1.27. The molecule has 0 aliphatic rings. The van der Waals surface area contributed by atoms with Crippen molar-refractivity contribution in [3.8, 4) is 0 Å². The molecule has 0 radical (unpaired) electrons. The van der Waals surface area contributed by atoms with Gasteiger partial charge in [-0.1, -0.05) is 13.3 Å². The first kappa shape index (κ1) is 9.08. The fourth-order valence-electron chi connectivity index (χ4n) is 0.371. The normalized spacial score (nSPS) is 15.8. The number of rotatable bonds is 3. The molecular formula is C6H9BrF2. The highest BCUT2D eigenvalue weighted by atomic mass is 79.9. The first-order chi connectivity index (χ1) is 4.18. The summed E-state index contributed by atoms with van der Waals surface area (Å²) < 4.78 is 24.0. The summed E-state index contributed by atoms with van der Waals surface area (Å²) in [7, 11) is 0. The summed E-state index contributed by atoms with van der Waals surface area (Å²) in [6.07, 6.45) is 2.68. The highest BCUT2D eigenvalue weighted by Crippen LogP contribution is 2.15. The molecular weight excluding hydrogens is 190 g/mol. The minimum atomic E-state index is -1.62. The molecule has 1 unspecified atom stereocenters. The SMILES string of the molecule is CCCC=C(F)C(F)Br. The molecule has 0 aromatic heterocycles. The molecule has 3 heteroatoms. The molecule has 0 aromatic carbocycles. The lowest BCUT2D eigenvalue weighted by atomic mass is 10.3. The summed E-state index contributed by atoms with van der Waals surface area (Å²) in [5.41, 5.74) is 0. The zero-order chi connectivity index (χ0) is 7.28. The quantitative estimate of drug-likeness (QED) is 0.611. The number of halogens is 3. The molecule has 0 aliphatic carbocycles. The molecule has 1 atom stereocenters. The maximum absolute atomic E-state index is 12.2. The van der Waals surface area contributed by atoms with E-state index >= 15 is 0 Å². The maximum Gasteiger partial charge on any atom is 0.205 e. The van der Waals surface area contributed by atoms with Gasteiger partial charge < -0.3 is 0 Å². The molecule has 0 aromatic rings. The molecule has 0 spiro atoms. The molecule has 0 saturated heterocycles. The molecule has 0 fully saturated rings. The third kappa shape index (κ3) is 4.58. The monoisotopic (exact) mass is 198 g/mol. The zero-order valence-corrected chi connectivity index (χ0v) is 6.79. The van der Waals surface area contributed by atoms with E-state index in [1.54, 1.807) is 0 Å². The summed E-state index contributed by atoms with van der Waals surface area (Å²) in [4.78, 5) is 0.